The molecule has 1 fully saturated rings. The van der Waals surface area contributed by atoms with Crippen LogP contribution in [-0.2, 0) is 26.5 Å². The van der Waals surface area contributed by atoms with Crippen LogP contribution in [0.3, 0.4) is 0 Å². The number of carbonyl (C=O) groups is 3. The van der Waals surface area contributed by atoms with Crippen LogP contribution in [0.15, 0.2) is 30.6 Å². The van der Waals surface area contributed by atoms with Gasteiger partial charge in [0.05, 0.1) is 22.5 Å². The highest BCUT2D eigenvalue weighted by molar-refractivity contribution is 7.72. The summed E-state index contributed by atoms with van der Waals surface area (Å²) >= 11 is 0. The number of nitrogens with zero attached hydrogens (tertiary/aromatic N) is 5. The fourth-order valence-corrected chi connectivity index (χ4v) is 5.33. The van der Waals surface area contributed by atoms with E-state index < -0.39 is 45.3 Å². The molecule has 12 nitrogen and oxygen atoms in total. The lowest BCUT2D eigenvalue weighted by Crippen LogP contribution is -2.64. The van der Waals surface area contributed by atoms with Crippen molar-refractivity contribution in [1.82, 2.24) is 24.8 Å². The van der Waals surface area contributed by atoms with E-state index in [0.29, 0.717) is 0 Å². The number of piperazine rings is 1. The van der Waals surface area contributed by atoms with Gasteiger partial charge in [0.15, 0.2) is 5.82 Å². The number of benzene rings is 1. The third-order valence-electron chi connectivity index (χ3n) is 6.89. The number of hydrogen-bond acceptors (Lipinski definition) is 8. The topological polar surface area (TPSA) is 160 Å². The molecule has 1 saturated heterocycles. The number of alkyl halides is 3. The first kappa shape index (κ1) is 29.8. The molecule has 1 aliphatic heterocycles. The van der Waals surface area contributed by atoms with E-state index in [1.165, 1.54) is 34.9 Å². The molecule has 3 aromatic rings. The Labute approximate surface area is 234 Å². The Balaban J connectivity index is 1.85. The van der Waals surface area contributed by atoms with Crippen molar-refractivity contribution in [3.8, 4) is 11.3 Å². The largest absolute Gasteiger partial charge is 0.418 e. The van der Waals surface area contributed by atoms with Crippen molar-refractivity contribution in [2.75, 3.05) is 36.0 Å². The lowest BCUT2D eigenvalue weighted by Gasteiger charge is -2.45. The molecular formula is C25H28F3N7O5S. The van der Waals surface area contributed by atoms with Crippen molar-refractivity contribution >= 4 is 45.4 Å². The van der Waals surface area contributed by atoms with E-state index in [2.05, 4.69) is 15.4 Å². The van der Waals surface area contributed by atoms with E-state index in [1.807, 2.05) is 0 Å². The molecule has 16 heteroatoms. The van der Waals surface area contributed by atoms with Crippen molar-refractivity contribution in [1.29, 1.82) is 0 Å². The first-order chi connectivity index (χ1) is 19.1. The quantitative estimate of drug-likeness (QED) is 0.275. The highest BCUT2D eigenvalue weighted by Gasteiger charge is 2.44. The molecule has 0 bridgehead atoms. The van der Waals surface area contributed by atoms with Gasteiger partial charge in [0.2, 0.25) is 5.91 Å². The average Bonchev–Trinajstić information content (AvgIpc) is 3.29. The van der Waals surface area contributed by atoms with Gasteiger partial charge >= 0.3 is 6.18 Å². The van der Waals surface area contributed by atoms with Gasteiger partial charge in [-0.2, -0.15) is 18.3 Å². The Kier molecular flexibility index (Phi) is 7.98. The van der Waals surface area contributed by atoms with Gasteiger partial charge in [-0.05, 0) is 38.5 Å². The average molecular weight is 596 g/mol. The van der Waals surface area contributed by atoms with Gasteiger partial charge < -0.3 is 20.9 Å². The first-order valence-corrected chi connectivity index (χ1v) is 13.8. The van der Waals surface area contributed by atoms with Gasteiger partial charge in [0.25, 0.3) is 11.8 Å². The minimum atomic E-state index is -4.78. The monoisotopic (exact) mass is 595 g/mol. The lowest BCUT2D eigenvalue weighted by atomic mass is 9.95. The molecule has 1 aliphatic rings. The molecule has 4 rings (SSSR count). The Morgan fingerprint density at radius 2 is 1.88 bits per heavy atom. The van der Waals surface area contributed by atoms with Gasteiger partial charge in [-0.1, -0.05) is 6.07 Å². The number of nitrogens with two attached hydrogens (primary N) is 1. The van der Waals surface area contributed by atoms with Gasteiger partial charge in [0, 0.05) is 37.9 Å². The number of halogens is 3. The Hall–Kier alpha value is -4.21. The maximum absolute atomic E-state index is 13.9. The fourth-order valence-electron chi connectivity index (χ4n) is 4.91. The minimum absolute atomic E-state index is 0.0111. The first-order valence-electron chi connectivity index (χ1n) is 12.5. The minimum Gasteiger partial charge on any atom is -0.382 e. The Bertz CT molecular complexity index is 1610. The van der Waals surface area contributed by atoms with Crippen molar-refractivity contribution in [3.05, 3.63) is 41.7 Å². The number of carbonyl (C=O) groups excluding carboxylic acids is 3. The second kappa shape index (κ2) is 11.0. The number of rotatable bonds is 7. The second-order valence-electron chi connectivity index (χ2n) is 9.93. The third kappa shape index (κ3) is 5.68. The summed E-state index contributed by atoms with van der Waals surface area (Å²) in [6.45, 7) is 4.66. The summed E-state index contributed by atoms with van der Waals surface area (Å²) in [6.07, 6.45) is -3.60. The Morgan fingerprint density at radius 3 is 2.51 bits per heavy atom. The maximum Gasteiger partial charge on any atom is 0.418 e. The molecule has 3 N–H and O–H groups in total. The number of nitrogens with one attached hydrogen (secondary N) is 1. The van der Waals surface area contributed by atoms with Crippen LogP contribution in [0.2, 0.25) is 0 Å². The number of amides is 3. The number of hydrogen-bond donors (Lipinski definition) is 3. The molecular weight excluding hydrogens is 567 g/mol. The Morgan fingerprint density at radius 1 is 1.17 bits per heavy atom. The van der Waals surface area contributed by atoms with Gasteiger partial charge in [-0.15, -0.1) is 0 Å². The number of nitrogen functional groups attached to an aromatic ring is 1. The highest BCUT2D eigenvalue weighted by Crippen LogP contribution is 2.40. The fraction of sp³-hybridized carbons (Fsp3) is 0.400. The molecule has 1 aromatic carbocycles. The molecule has 220 valence electrons. The normalized spacial score (nSPS) is 15.5. The standard InChI is InChI=1S/C25H28F3N7O5S/c1-14(36)34-9-8-33(23(38)24(34,2)3)19-11-15(5-6-16(19)22(37)30-7-4-10-41(39)40)18-12-17(25(26,27)28)20-21(29)31-13-32-35(18)20/h5-6,11-13,41H,4,7-10H2,1-3H3,(H,30,37)(H2,29,31,32). The van der Waals surface area contributed by atoms with Crippen LogP contribution < -0.4 is 16.0 Å². The summed E-state index contributed by atoms with van der Waals surface area (Å²) in [5.41, 5.74) is 3.31. The van der Waals surface area contributed by atoms with E-state index >= 15 is 0 Å². The highest BCUT2D eigenvalue weighted by atomic mass is 32.2. The van der Waals surface area contributed by atoms with E-state index in [9.17, 15) is 36.0 Å². The van der Waals surface area contributed by atoms with Crippen LogP contribution in [0.1, 0.15) is 43.1 Å². The van der Waals surface area contributed by atoms with Crippen LogP contribution in [-0.4, -0.2) is 76.6 Å². The summed E-state index contributed by atoms with van der Waals surface area (Å²) < 4.78 is 64.4. The van der Waals surface area contributed by atoms with Crippen LogP contribution in [0, 0.1) is 0 Å². The van der Waals surface area contributed by atoms with Gasteiger partial charge in [-0.25, -0.2) is 17.9 Å². The predicted molar refractivity (Wildman–Crippen MR) is 144 cm³/mol. The zero-order valence-corrected chi connectivity index (χ0v) is 23.3. The van der Waals surface area contributed by atoms with Crippen molar-refractivity contribution < 1.29 is 36.0 Å². The predicted octanol–water partition coefficient (Wildman–Crippen LogP) is 1.70. The molecule has 0 radical (unpaired) electrons. The second-order valence-corrected chi connectivity index (χ2v) is 11.0. The van der Waals surface area contributed by atoms with E-state index in [4.69, 9.17) is 5.73 Å². The molecule has 2 aromatic heterocycles. The van der Waals surface area contributed by atoms with E-state index in [1.54, 1.807) is 13.8 Å². The number of aromatic nitrogens is 3. The van der Waals surface area contributed by atoms with Crippen molar-refractivity contribution in [2.45, 2.75) is 38.9 Å². The molecule has 41 heavy (non-hydrogen) atoms. The summed E-state index contributed by atoms with van der Waals surface area (Å²) in [5.74, 6) is -1.95. The summed E-state index contributed by atoms with van der Waals surface area (Å²) in [6, 6.07) is 5.04. The van der Waals surface area contributed by atoms with Crippen LogP contribution in [0.25, 0.3) is 16.8 Å². The zero-order valence-electron chi connectivity index (χ0n) is 22.4. The molecule has 0 spiro atoms. The van der Waals surface area contributed by atoms with Gasteiger partial charge in [0.1, 0.15) is 28.1 Å². The SMILES string of the molecule is CC(=O)N1CCN(c2cc(-c3cc(C(F)(F)F)c4c(N)ncnn34)ccc2C(=O)NCCC[SH](=O)=O)C(=O)C1(C)C. The molecule has 0 saturated carbocycles. The molecule has 3 amide bonds. The van der Waals surface area contributed by atoms with Gasteiger partial charge in [-0.3, -0.25) is 14.4 Å². The molecule has 0 aliphatic carbocycles. The summed E-state index contributed by atoms with van der Waals surface area (Å²) in [4.78, 5) is 45.4. The third-order valence-corrected chi connectivity index (χ3v) is 7.57. The lowest BCUT2D eigenvalue weighted by molar-refractivity contribution is -0.145. The summed E-state index contributed by atoms with van der Waals surface area (Å²) in [5, 5.41) is 6.57. The molecule has 3 heterocycles. The summed E-state index contributed by atoms with van der Waals surface area (Å²) in [7, 11) is -2.62. The maximum atomic E-state index is 13.9. The number of thiol groups is 1. The van der Waals surface area contributed by atoms with Crippen LogP contribution in [0.4, 0.5) is 24.7 Å². The van der Waals surface area contributed by atoms with Crippen molar-refractivity contribution in [2.24, 2.45) is 0 Å². The van der Waals surface area contributed by atoms with Crippen molar-refractivity contribution in [3.63, 3.8) is 0 Å². The van der Waals surface area contributed by atoms with Crippen LogP contribution >= 0.6 is 0 Å². The van der Waals surface area contributed by atoms with E-state index in [0.717, 1.165) is 16.9 Å². The van der Waals surface area contributed by atoms with E-state index in [-0.39, 0.29) is 66.0 Å². The molecule has 0 unspecified atom stereocenters. The van der Waals surface area contributed by atoms with Crippen LogP contribution in [0.5, 0.6) is 0 Å². The number of anilines is 2. The number of fused-ring (bicyclic) bond motifs is 1. The smallest absolute Gasteiger partial charge is 0.382 e. The molecule has 0 atom stereocenters. The zero-order chi connectivity index (χ0) is 30.3.